The Morgan fingerprint density at radius 3 is 3.06 bits per heavy atom. The molecule has 0 bridgehead atoms. The lowest BCUT2D eigenvalue weighted by Crippen LogP contribution is -2.04. The van der Waals surface area contributed by atoms with Crippen LogP contribution in [0.3, 0.4) is 0 Å². The van der Waals surface area contributed by atoms with Crippen molar-refractivity contribution in [3.63, 3.8) is 0 Å². The molecule has 0 aliphatic rings. The molecule has 2 rings (SSSR count). The van der Waals surface area contributed by atoms with Gasteiger partial charge in [0.05, 0.1) is 7.11 Å². The Hall–Kier alpha value is -2.24. The molecule has 0 N–H and O–H groups in total. The van der Waals surface area contributed by atoms with E-state index in [2.05, 4.69) is 19.9 Å². The average Bonchev–Trinajstić information content (AvgIpc) is 2.78. The maximum Gasteiger partial charge on any atom is 0.315 e. The number of aryl methyl sites for hydroxylation is 1. The van der Waals surface area contributed by atoms with E-state index in [-0.39, 0.29) is 12.3 Å². The van der Waals surface area contributed by atoms with Crippen LogP contribution in [-0.2, 0) is 16.0 Å². The fraction of sp³-hybridized carbons (Fsp3) is 0.273. The van der Waals surface area contributed by atoms with Gasteiger partial charge in [-0.15, -0.1) is 0 Å². The second kappa shape index (κ2) is 4.73. The van der Waals surface area contributed by atoms with Gasteiger partial charge in [0, 0.05) is 18.0 Å². The van der Waals surface area contributed by atoms with Gasteiger partial charge in [0.1, 0.15) is 6.42 Å². The van der Waals surface area contributed by atoms with Gasteiger partial charge in [0.15, 0.2) is 0 Å². The summed E-state index contributed by atoms with van der Waals surface area (Å²) in [6, 6.07) is 1.85. The van der Waals surface area contributed by atoms with Crippen LogP contribution in [0.25, 0.3) is 11.4 Å². The van der Waals surface area contributed by atoms with Gasteiger partial charge in [-0.3, -0.25) is 9.78 Å². The van der Waals surface area contributed by atoms with Gasteiger partial charge in [-0.2, -0.15) is 4.98 Å². The Morgan fingerprint density at radius 1 is 1.53 bits per heavy atom. The molecule has 2 heterocycles. The molecule has 6 heteroatoms. The van der Waals surface area contributed by atoms with E-state index in [0.29, 0.717) is 5.82 Å². The van der Waals surface area contributed by atoms with Gasteiger partial charge in [0.2, 0.25) is 11.7 Å². The van der Waals surface area contributed by atoms with E-state index in [4.69, 9.17) is 4.52 Å². The van der Waals surface area contributed by atoms with E-state index in [1.807, 2.05) is 13.0 Å². The first-order chi connectivity index (χ1) is 8.20. The summed E-state index contributed by atoms with van der Waals surface area (Å²) < 4.78 is 9.47. The monoisotopic (exact) mass is 233 g/mol. The van der Waals surface area contributed by atoms with Gasteiger partial charge in [-0.1, -0.05) is 5.16 Å². The van der Waals surface area contributed by atoms with Crippen molar-refractivity contribution in [2.24, 2.45) is 0 Å². The number of nitrogens with zero attached hydrogens (tertiary/aromatic N) is 3. The van der Waals surface area contributed by atoms with E-state index < -0.39 is 5.97 Å². The highest BCUT2D eigenvalue weighted by Gasteiger charge is 2.13. The van der Waals surface area contributed by atoms with E-state index in [0.717, 1.165) is 11.1 Å². The van der Waals surface area contributed by atoms with Crippen LogP contribution >= 0.6 is 0 Å². The molecule has 0 saturated heterocycles. The van der Waals surface area contributed by atoms with Gasteiger partial charge < -0.3 is 9.26 Å². The van der Waals surface area contributed by atoms with Gasteiger partial charge in [-0.25, -0.2) is 0 Å². The van der Waals surface area contributed by atoms with E-state index in [1.54, 1.807) is 12.4 Å². The lowest BCUT2D eigenvalue weighted by Gasteiger charge is -1.97. The number of carbonyl (C=O) groups is 1. The van der Waals surface area contributed by atoms with Crippen molar-refractivity contribution in [2.45, 2.75) is 13.3 Å². The Kier molecular flexibility index (Phi) is 3.13. The predicted octanol–water partition coefficient (Wildman–Crippen LogP) is 1.16. The molecule has 2 aromatic rings. The van der Waals surface area contributed by atoms with Gasteiger partial charge in [-0.05, 0) is 18.6 Å². The summed E-state index contributed by atoms with van der Waals surface area (Å²) in [6.07, 6.45) is 3.32. The van der Waals surface area contributed by atoms with Gasteiger partial charge in [0.25, 0.3) is 0 Å². The molecule has 0 aromatic carbocycles. The topological polar surface area (TPSA) is 78.1 Å². The maximum atomic E-state index is 11.0. The number of rotatable bonds is 3. The number of pyridine rings is 1. The quantitative estimate of drug-likeness (QED) is 0.740. The van der Waals surface area contributed by atoms with Crippen LogP contribution in [0.2, 0.25) is 0 Å². The minimum absolute atomic E-state index is 0.0250. The molecule has 0 atom stereocenters. The largest absolute Gasteiger partial charge is 0.469 e. The number of hydrogen-bond acceptors (Lipinski definition) is 6. The number of carbonyl (C=O) groups excluding carboxylic acids is 1. The van der Waals surface area contributed by atoms with Crippen LogP contribution in [0.1, 0.15) is 11.5 Å². The highest BCUT2D eigenvalue weighted by Crippen LogP contribution is 2.18. The third kappa shape index (κ3) is 2.47. The zero-order valence-corrected chi connectivity index (χ0v) is 9.51. The molecule has 0 saturated carbocycles. The molecule has 0 amide bonds. The standard InChI is InChI=1S/C11H11N3O3/c1-7-3-4-12-6-8(7)11-13-9(17-14-11)5-10(15)16-2/h3-4,6H,5H2,1-2H3. The molecular weight excluding hydrogens is 222 g/mol. The first-order valence-electron chi connectivity index (χ1n) is 5.01. The maximum absolute atomic E-state index is 11.0. The lowest BCUT2D eigenvalue weighted by molar-refractivity contribution is -0.140. The number of ether oxygens (including phenoxy) is 1. The minimum atomic E-state index is -0.414. The normalized spacial score (nSPS) is 10.2. The predicted molar refractivity (Wildman–Crippen MR) is 58.0 cm³/mol. The number of esters is 1. The smallest absolute Gasteiger partial charge is 0.315 e. The molecule has 0 unspecified atom stereocenters. The third-order valence-corrected chi connectivity index (χ3v) is 2.27. The minimum Gasteiger partial charge on any atom is -0.469 e. The van der Waals surface area contributed by atoms with Crippen LogP contribution in [0.15, 0.2) is 23.0 Å². The van der Waals surface area contributed by atoms with Crippen LogP contribution in [0.4, 0.5) is 0 Å². The molecule has 0 aliphatic heterocycles. The number of hydrogen-bond donors (Lipinski definition) is 0. The van der Waals surface area contributed by atoms with Gasteiger partial charge >= 0.3 is 5.97 Å². The second-order valence-corrected chi connectivity index (χ2v) is 3.46. The van der Waals surface area contributed by atoms with Crippen molar-refractivity contribution < 1.29 is 14.1 Å². The summed E-state index contributed by atoms with van der Waals surface area (Å²) >= 11 is 0. The number of methoxy groups -OCH3 is 1. The van der Waals surface area contributed by atoms with Crippen molar-refractivity contribution >= 4 is 5.97 Å². The number of aromatic nitrogens is 3. The van der Waals surface area contributed by atoms with Crippen molar-refractivity contribution in [3.05, 3.63) is 29.9 Å². The van der Waals surface area contributed by atoms with Crippen LogP contribution in [-0.4, -0.2) is 28.2 Å². The molecule has 0 spiro atoms. The molecule has 6 nitrogen and oxygen atoms in total. The molecule has 88 valence electrons. The summed E-state index contributed by atoms with van der Waals surface area (Å²) in [6.45, 7) is 1.92. The zero-order valence-electron chi connectivity index (χ0n) is 9.51. The van der Waals surface area contributed by atoms with Crippen LogP contribution in [0, 0.1) is 6.92 Å². The Labute approximate surface area is 97.6 Å². The fourth-order valence-electron chi connectivity index (χ4n) is 1.33. The molecule has 2 aromatic heterocycles. The highest BCUT2D eigenvalue weighted by atomic mass is 16.5. The fourth-order valence-corrected chi connectivity index (χ4v) is 1.33. The average molecular weight is 233 g/mol. The Bertz CT molecular complexity index is 536. The summed E-state index contributed by atoms with van der Waals surface area (Å²) in [5, 5.41) is 3.80. The first-order valence-corrected chi connectivity index (χ1v) is 5.01. The SMILES string of the molecule is COC(=O)Cc1nc(-c2cnccc2C)no1. The van der Waals surface area contributed by atoms with Crippen LogP contribution in [0.5, 0.6) is 0 Å². The molecule has 17 heavy (non-hydrogen) atoms. The summed E-state index contributed by atoms with van der Waals surface area (Å²) in [7, 11) is 1.31. The molecular formula is C11H11N3O3. The highest BCUT2D eigenvalue weighted by molar-refractivity contribution is 5.71. The van der Waals surface area contributed by atoms with Crippen molar-refractivity contribution in [1.82, 2.24) is 15.1 Å². The summed E-state index contributed by atoms with van der Waals surface area (Å²) in [5.74, 6) is 0.243. The van der Waals surface area contributed by atoms with E-state index in [9.17, 15) is 4.79 Å². The first kappa shape index (κ1) is 11.3. The zero-order chi connectivity index (χ0) is 12.3. The van der Waals surface area contributed by atoms with Crippen LogP contribution < -0.4 is 0 Å². The summed E-state index contributed by atoms with van der Waals surface area (Å²) in [4.78, 5) is 19.1. The second-order valence-electron chi connectivity index (χ2n) is 3.46. The van der Waals surface area contributed by atoms with Crippen molar-refractivity contribution in [2.75, 3.05) is 7.11 Å². The van der Waals surface area contributed by atoms with Crippen molar-refractivity contribution in [3.8, 4) is 11.4 Å². The Morgan fingerprint density at radius 2 is 2.35 bits per heavy atom. The third-order valence-electron chi connectivity index (χ3n) is 2.27. The molecule has 0 radical (unpaired) electrons. The van der Waals surface area contributed by atoms with E-state index >= 15 is 0 Å². The molecule has 0 aliphatic carbocycles. The molecule has 0 fully saturated rings. The van der Waals surface area contributed by atoms with E-state index in [1.165, 1.54) is 7.11 Å². The van der Waals surface area contributed by atoms with Crippen molar-refractivity contribution in [1.29, 1.82) is 0 Å². The Balaban J connectivity index is 2.24. The lowest BCUT2D eigenvalue weighted by atomic mass is 10.1. The summed E-state index contributed by atoms with van der Waals surface area (Å²) in [5.41, 5.74) is 1.78.